The molecular formula is C25H40N2O2S. The first-order chi connectivity index (χ1) is 14.4. The lowest BCUT2D eigenvalue weighted by Crippen LogP contribution is -2.35. The monoisotopic (exact) mass is 432 g/mol. The third-order valence-electron chi connectivity index (χ3n) is 5.99. The Morgan fingerprint density at radius 1 is 1.13 bits per heavy atom. The molecule has 0 bridgehead atoms. The van der Waals surface area contributed by atoms with Crippen LogP contribution in [-0.4, -0.2) is 19.3 Å². The van der Waals surface area contributed by atoms with E-state index in [2.05, 4.69) is 26.0 Å². The molecule has 0 amide bonds. The summed E-state index contributed by atoms with van der Waals surface area (Å²) in [5.41, 5.74) is 14.3. The van der Waals surface area contributed by atoms with Gasteiger partial charge >= 0.3 is 0 Å². The maximum absolute atomic E-state index is 6.41. The van der Waals surface area contributed by atoms with Gasteiger partial charge in [0, 0.05) is 28.0 Å². The molecule has 1 aliphatic heterocycles. The first-order valence-corrected chi connectivity index (χ1v) is 12.2. The standard InChI is InChI=1S/C25H40N2O2S/c1-4-7-20(2)24(27)8-5-6-13-25(16-22-9-11-23(26)12-10-22)18-28-14-15-30-17-21(3)29-19-25/h9-12,14-15,17,20,24H,4-8,13,16,18-19,26-27H2,1-3H3/b15-14+,21-17+. The van der Waals surface area contributed by atoms with E-state index in [-0.39, 0.29) is 5.41 Å². The van der Waals surface area contributed by atoms with Crippen molar-refractivity contribution in [3.63, 3.8) is 0 Å². The largest absolute Gasteiger partial charge is 0.500 e. The van der Waals surface area contributed by atoms with E-state index in [4.69, 9.17) is 20.9 Å². The molecule has 5 heteroatoms. The molecule has 30 heavy (non-hydrogen) atoms. The molecule has 0 fully saturated rings. The summed E-state index contributed by atoms with van der Waals surface area (Å²) in [7, 11) is 0. The summed E-state index contributed by atoms with van der Waals surface area (Å²) in [6.07, 6.45) is 9.50. The molecule has 0 saturated heterocycles. The van der Waals surface area contributed by atoms with Crippen LogP contribution in [0.5, 0.6) is 0 Å². The van der Waals surface area contributed by atoms with Crippen LogP contribution in [0.3, 0.4) is 0 Å². The second kappa shape index (κ2) is 13.0. The fourth-order valence-electron chi connectivity index (χ4n) is 4.01. The lowest BCUT2D eigenvalue weighted by atomic mass is 9.78. The van der Waals surface area contributed by atoms with Gasteiger partial charge in [0.15, 0.2) is 0 Å². The fourth-order valence-corrected chi connectivity index (χ4v) is 4.49. The molecule has 4 nitrogen and oxygen atoms in total. The van der Waals surface area contributed by atoms with E-state index in [1.807, 2.05) is 29.9 Å². The highest BCUT2D eigenvalue weighted by atomic mass is 32.2. The average Bonchev–Trinajstić information content (AvgIpc) is 2.73. The normalized spacial score (nSPS) is 24.6. The number of nitrogens with two attached hydrogens (primary N) is 2. The van der Waals surface area contributed by atoms with Gasteiger partial charge in [-0.15, -0.1) is 0 Å². The smallest absolute Gasteiger partial charge is 0.0995 e. The lowest BCUT2D eigenvalue weighted by molar-refractivity contribution is 0.0209. The molecule has 2 rings (SSSR count). The Bertz CT molecular complexity index is 674. The van der Waals surface area contributed by atoms with Gasteiger partial charge in [-0.1, -0.05) is 57.0 Å². The molecule has 0 saturated carbocycles. The molecule has 4 N–H and O–H groups in total. The van der Waals surface area contributed by atoms with Gasteiger partial charge < -0.3 is 20.9 Å². The maximum atomic E-state index is 6.41. The molecule has 1 aromatic carbocycles. The van der Waals surface area contributed by atoms with Crippen LogP contribution in [0.25, 0.3) is 0 Å². The van der Waals surface area contributed by atoms with Crippen LogP contribution in [0.4, 0.5) is 5.69 Å². The number of allylic oxidation sites excluding steroid dienone is 1. The van der Waals surface area contributed by atoms with E-state index >= 15 is 0 Å². The van der Waals surface area contributed by atoms with Crippen LogP contribution in [0.1, 0.15) is 64.9 Å². The van der Waals surface area contributed by atoms with Gasteiger partial charge in [-0.25, -0.2) is 0 Å². The van der Waals surface area contributed by atoms with Crippen molar-refractivity contribution in [2.45, 2.75) is 71.8 Å². The number of thioether (sulfide) groups is 1. The molecule has 1 aromatic rings. The van der Waals surface area contributed by atoms with Crippen molar-refractivity contribution in [3.8, 4) is 0 Å². The van der Waals surface area contributed by atoms with E-state index in [1.54, 1.807) is 18.0 Å². The highest BCUT2D eigenvalue weighted by Gasteiger charge is 2.32. The molecule has 3 atom stereocenters. The van der Waals surface area contributed by atoms with Crippen LogP contribution >= 0.6 is 11.8 Å². The minimum atomic E-state index is -0.0866. The zero-order valence-electron chi connectivity index (χ0n) is 18.9. The molecule has 1 aliphatic rings. The SMILES string of the molecule is CCCC(C)C(N)CCCCC1(Cc2ccc(N)cc2)CO/C=C/S/C=C(\C)OC1. The van der Waals surface area contributed by atoms with E-state index < -0.39 is 0 Å². The van der Waals surface area contributed by atoms with Crippen molar-refractivity contribution in [1.29, 1.82) is 0 Å². The summed E-state index contributed by atoms with van der Waals surface area (Å²) < 4.78 is 12.1. The summed E-state index contributed by atoms with van der Waals surface area (Å²) >= 11 is 1.58. The Balaban J connectivity index is 2.05. The average molecular weight is 433 g/mol. The molecule has 0 aromatic heterocycles. The van der Waals surface area contributed by atoms with Gasteiger partial charge in [0.2, 0.25) is 0 Å². The van der Waals surface area contributed by atoms with Gasteiger partial charge in [-0.2, -0.15) is 0 Å². The van der Waals surface area contributed by atoms with Crippen molar-refractivity contribution in [2.75, 3.05) is 18.9 Å². The molecular weight excluding hydrogens is 392 g/mol. The molecule has 1 heterocycles. The van der Waals surface area contributed by atoms with Crippen LogP contribution in [-0.2, 0) is 15.9 Å². The minimum Gasteiger partial charge on any atom is -0.500 e. The first-order valence-electron chi connectivity index (χ1n) is 11.3. The maximum Gasteiger partial charge on any atom is 0.0995 e. The van der Waals surface area contributed by atoms with Crippen molar-refractivity contribution in [1.82, 2.24) is 0 Å². The molecule has 3 unspecified atom stereocenters. The number of nitrogen functional groups attached to an aromatic ring is 1. The summed E-state index contributed by atoms with van der Waals surface area (Å²) in [6.45, 7) is 7.81. The Morgan fingerprint density at radius 3 is 2.63 bits per heavy atom. The van der Waals surface area contributed by atoms with Crippen molar-refractivity contribution in [2.24, 2.45) is 17.1 Å². The summed E-state index contributed by atoms with van der Waals surface area (Å²) in [5, 5.41) is 3.98. The summed E-state index contributed by atoms with van der Waals surface area (Å²) in [6, 6.07) is 8.47. The van der Waals surface area contributed by atoms with Crippen LogP contribution in [0.15, 0.2) is 47.1 Å². The zero-order valence-corrected chi connectivity index (χ0v) is 19.8. The fraction of sp³-hybridized carbons (Fsp3) is 0.600. The molecule has 0 aliphatic carbocycles. The second-order valence-electron chi connectivity index (χ2n) is 8.83. The third-order valence-corrected chi connectivity index (χ3v) is 6.72. The van der Waals surface area contributed by atoms with Gasteiger partial charge in [-0.05, 0) is 56.2 Å². The first kappa shape index (κ1) is 24.7. The Morgan fingerprint density at radius 2 is 1.90 bits per heavy atom. The van der Waals surface area contributed by atoms with Crippen molar-refractivity contribution < 1.29 is 9.47 Å². The topological polar surface area (TPSA) is 70.5 Å². The Labute approximate surface area is 187 Å². The number of ether oxygens (including phenoxy) is 2. The van der Waals surface area contributed by atoms with E-state index in [9.17, 15) is 0 Å². The lowest BCUT2D eigenvalue weighted by Gasteiger charge is -2.34. The highest BCUT2D eigenvalue weighted by Crippen LogP contribution is 2.33. The zero-order chi connectivity index (χ0) is 21.8. The number of hydrogen-bond donors (Lipinski definition) is 2. The third kappa shape index (κ3) is 8.65. The van der Waals surface area contributed by atoms with Crippen LogP contribution in [0, 0.1) is 11.3 Å². The van der Waals surface area contributed by atoms with Gasteiger partial charge in [0.25, 0.3) is 0 Å². The van der Waals surface area contributed by atoms with E-state index in [0.717, 1.165) is 43.6 Å². The van der Waals surface area contributed by atoms with Gasteiger partial charge in [0.05, 0.1) is 25.2 Å². The second-order valence-corrected chi connectivity index (χ2v) is 9.61. The number of unbranched alkanes of at least 4 members (excludes halogenated alkanes) is 1. The number of hydrogen-bond acceptors (Lipinski definition) is 5. The summed E-state index contributed by atoms with van der Waals surface area (Å²) in [5.74, 6) is 1.54. The number of anilines is 1. The number of benzene rings is 1. The minimum absolute atomic E-state index is 0.0866. The molecule has 168 valence electrons. The Kier molecular flexibility index (Phi) is 10.7. The molecule has 0 radical (unpaired) electrons. The van der Waals surface area contributed by atoms with Crippen molar-refractivity contribution >= 4 is 17.4 Å². The highest BCUT2D eigenvalue weighted by molar-refractivity contribution is 8.04. The predicted molar refractivity (Wildman–Crippen MR) is 130 cm³/mol. The van der Waals surface area contributed by atoms with E-state index in [1.165, 1.54) is 18.4 Å². The summed E-state index contributed by atoms with van der Waals surface area (Å²) in [4.78, 5) is 0. The van der Waals surface area contributed by atoms with Gasteiger partial charge in [-0.3, -0.25) is 0 Å². The molecule has 0 spiro atoms. The quantitative estimate of drug-likeness (QED) is 0.338. The van der Waals surface area contributed by atoms with Crippen LogP contribution < -0.4 is 11.5 Å². The van der Waals surface area contributed by atoms with E-state index in [0.29, 0.717) is 25.2 Å². The van der Waals surface area contributed by atoms with Crippen molar-refractivity contribution in [3.05, 3.63) is 52.7 Å². The Hall–Kier alpha value is -1.59. The van der Waals surface area contributed by atoms with Crippen LogP contribution in [0.2, 0.25) is 0 Å². The van der Waals surface area contributed by atoms with Gasteiger partial charge in [0.1, 0.15) is 0 Å². The number of rotatable bonds is 10. The predicted octanol–water partition coefficient (Wildman–Crippen LogP) is 6.23.